The normalized spacial score (nSPS) is 20.0. The van der Waals surface area contributed by atoms with Crippen LogP contribution in [-0.2, 0) is 5.41 Å². The molecule has 0 spiro atoms. The molecule has 0 nitrogen and oxygen atoms in total. The van der Waals surface area contributed by atoms with Crippen molar-refractivity contribution in [2.45, 2.75) is 50.6 Å². The maximum atomic E-state index is 14.5. The Morgan fingerprint density at radius 2 is 1.88 bits per heavy atom. The van der Waals surface area contributed by atoms with Gasteiger partial charge in [-0.1, -0.05) is 36.6 Å². The first-order chi connectivity index (χ1) is 7.46. The summed E-state index contributed by atoms with van der Waals surface area (Å²) in [5.41, 5.74) is -0.462. The maximum Gasteiger partial charge on any atom is 0.115 e. The molecule has 1 fully saturated rings. The van der Waals surface area contributed by atoms with Gasteiger partial charge >= 0.3 is 0 Å². The minimum Gasteiger partial charge on any atom is -0.244 e. The topological polar surface area (TPSA) is 0 Å². The minimum absolute atomic E-state index is 0.335. The quantitative estimate of drug-likeness (QED) is 0.690. The second kappa shape index (κ2) is 4.03. The summed E-state index contributed by atoms with van der Waals surface area (Å²) in [6.07, 6.45) is 4.08. The summed E-state index contributed by atoms with van der Waals surface area (Å²) in [5.74, 6) is 0. The standard InChI is InChI=1S/C14H18ClF/c1-13(2,16)14(8-3-4-9-14)11-6-5-7-12(15)10-11/h5-7,10H,3-4,8-9H2,1-2H3. The molecule has 16 heavy (non-hydrogen) atoms. The van der Waals surface area contributed by atoms with Gasteiger partial charge in [0.05, 0.1) is 0 Å². The Hall–Kier alpha value is -0.560. The van der Waals surface area contributed by atoms with E-state index in [2.05, 4.69) is 0 Å². The summed E-state index contributed by atoms with van der Waals surface area (Å²) < 4.78 is 14.5. The molecule has 1 aliphatic carbocycles. The van der Waals surface area contributed by atoms with Crippen LogP contribution in [0.3, 0.4) is 0 Å². The van der Waals surface area contributed by atoms with E-state index in [0.29, 0.717) is 5.02 Å². The van der Waals surface area contributed by atoms with E-state index in [4.69, 9.17) is 11.6 Å². The van der Waals surface area contributed by atoms with Gasteiger partial charge in [0, 0.05) is 10.4 Å². The summed E-state index contributed by atoms with van der Waals surface area (Å²) in [5, 5.41) is 0.702. The van der Waals surface area contributed by atoms with Gasteiger partial charge < -0.3 is 0 Å². The molecule has 0 aliphatic heterocycles. The molecule has 1 aromatic carbocycles. The van der Waals surface area contributed by atoms with Crippen molar-refractivity contribution in [1.82, 2.24) is 0 Å². The lowest BCUT2D eigenvalue weighted by Gasteiger charge is -2.39. The predicted octanol–water partition coefficient (Wildman–Crippen LogP) is 4.90. The van der Waals surface area contributed by atoms with Gasteiger partial charge in [-0.05, 0) is 44.4 Å². The number of alkyl halides is 1. The Morgan fingerprint density at radius 1 is 1.25 bits per heavy atom. The van der Waals surface area contributed by atoms with Crippen LogP contribution in [0.1, 0.15) is 45.1 Å². The minimum atomic E-state index is -1.19. The highest BCUT2D eigenvalue weighted by Gasteiger charge is 2.48. The van der Waals surface area contributed by atoms with Gasteiger partial charge in [0.25, 0.3) is 0 Å². The number of rotatable bonds is 2. The number of hydrogen-bond acceptors (Lipinski definition) is 0. The first kappa shape index (κ1) is 11.9. The van der Waals surface area contributed by atoms with Crippen LogP contribution in [-0.4, -0.2) is 5.67 Å². The van der Waals surface area contributed by atoms with Crippen LogP contribution in [0.25, 0.3) is 0 Å². The van der Waals surface area contributed by atoms with E-state index in [1.54, 1.807) is 13.8 Å². The Labute approximate surface area is 102 Å². The third-order valence-corrected chi connectivity index (χ3v) is 4.21. The molecule has 0 saturated heterocycles. The Balaban J connectivity index is 2.48. The lowest BCUT2D eigenvalue weighted by Crippen LogP contribution is -2.41. The number of benzene rings is 1. The van der Waals surface area contributed by atoms with Crippen molar-refractivity contribution in [3.8, 4) is 0 Å². The molecular weight excluding hydrogens is 223 g/mol. The van der Waals surface area contributed by atoms with Crippen LogP contribution in [0.5, 0.6) is 0 Å². The first-order valence-electron chi connectivity index (χ1n) is 5.91. The summed E-state index contributed by atoms with van der Waals surface area (Å²) in [4.78, 5) is 0. The van der Waals surface area contributed by atoms with Gasteiger partial charge in [-0.3, -0.25) is 0 Å². The van der Waals surface area contributed by atoms with E-state index in [1.165, 1.54) is 0 Å². The summed E-state index contributed by atoms with van der Waals surface area (Å²) >= 11 is 6.01. The van der Waals surface area contributed by atoms with E-state index in [9.17, 15) is 4.39 Å². The summed E-state index contributed by atoms with van der Waals surface area (Å²) in [7, 11) is 0. The van der Waals surface area contributed by atoms with Gasteiger partial charge in [-0.2, -0.15) is 0 Å². The molecule has 2 heteroatoms. The molecule has 0 amide bonds. The van der Waals surface area contributed by atoms with Gasteiger partial charge in [0.15, 0.2) is 0 Å². The van der Waals surface area contributed by atoms with Crippen molar-refractivity contribution < 1.29 is 4.39 Å². The molecule has 1 saturated carbocycles. The number of hydrogen-bond donors (Lipinski definition) is 0. The summed E-state index contributed by atoms with van der Waals surface area (Å²) in [6.45, 7) is 3.39. The average molecular weight is 241 g/mol. The second-order valence-electron chi connectivity index (χ2n) is 5.27. The van der Waals surface area contributed by atoms with Crippen LogP contribution in [0, 0.1) is 0 Å². The third kappa shape index (κ3) is 1.86. The Kier molecular flexibility index (Phi) is 3.00. The van der Waals surface area contributed by atoms with Crippen molar-refractivity contribution in [3.63, 3.8) is 0 Å². The average Bonchev–Trinajstić information content (AvgIpc) is 2.66. The molecule has 0 unspecified atom stereocenters. The van der Waals surface area contributed by atoms with Crippen LogP contribution in [0.4, 0.5) is 4.39 Å². The summed E-state index contributed by atoms with van der Waals surface area (Å²) in [6, 6.07) is 7.70. The zero-order valence-electron chi connectivity index (χ0n) is 9.89. The lowest BCUT2D eigenvalue weighted by molar-refractivity contribution is 0.0918. The van der Waals surface area contributed by atoms with E-state index < -0.39 is 5.67 Å². The fourth-order valence-electron chi connectivity index (χ4n) is 2.99. The molecule has 0 heterocycles. The molecule has 1 aromatic rings. The first-order valence-corrected chi connectivity index (χ1v) is 6.28. The molecule has 0 radical (unpaired) electrons. The zero-order valence-corrected chi connectivity index (χ0v) is 10.6. The lowest BCUT2D eigenvalue weighted by atomic mass is 9.68. The molecule has 1 aliphatic rings. The highest BCUT2D eigenvalue weighted by Crippen LogP contribution is 2.50. The smallest absolute Gasteiger partial charge is 0.115 e. The van der Waals surface area contributed by atoms with E-state index in [-0.39, 0.29) is 5.41 Å². The molecule has 0 aromatic heterocycles. The van der Waals surface area contributed by atoms with Crippen molar-refractivity contribution in [2.24, 2.45) is 0 Å². The molecule has 88 valence electrons. The van der Waals surface area contributed by atoms with Gasteiger partial charge in [-0.25, -0.2) is 4.39 Å². The monoisotopic (exact) mass is 240 g/mol. The largest absolute Gasteiger partial charge is 0.244 e. The molecular formula is C14H18ClF. The highest BCUT2D eigenvalue weighted by molar-refractivity contribution is 6.30. The SMILES string of the molecule is CC(C)(F)C1(c2cccc(Cl)c2)CCCC1. The van der Waals surface area contributed by atoms with Crippen molar-refractivity contribution >= 4 is 11.6 Å². The Morgan fingerprint density at radius 3 is 2.38 bits per heavy atom. The molecule has 0 bridgehead atoms. The fraction of sp³-hybridized carbons (Fsp3) is 0.571. The third-order valence-electron chi connectivity index (χ3n) is 3.97. The van der Waals surface area contributed by atoms with Gasteiger partial charge in [0.2, 0.25) is 0 Å². The van der Waals surface area contributed by atoms with Crippen molar-refractivity contribution in [2.75, 3.05) is 0 Å². The van der Waals surface area contributed by atoms with Crippen LogP contribution >= 0.6 is 11.6 Å². The van der Waals surface area contributed by atoms with E-state index in [1.807, 2.05) is 24.3 Å². The van der Waals surface area contributed by atoms with E-state index in [0.717, 1.165) is 31.2 Å². The fourth-order valence-corrected chi connectivity index (χ4v) is 3.18. The molecule has 2 rings (SSSR count). The Bertz CT molecular complexity index is 373. The molecule has 0 N–H and O–H groups in total. The van der Waals surface area contributed by atoms with Crippen LogP contribution in [0.15, 0.2) is 24.3 Å². The van der Waals surface area contributed by atoms with E-state index >= 15 is 0 Å². The predicted molar refractivity (Wildman–Crippen MR) is 66.8 cm³/mol. The maximum absolute atomic E-state index is 14.5. The van der Waals surface area contributed by atoms with Crippen LogP contribution < -0.4 is 0 Å². The van der Waals surface area contributed by atoms with Crippen molar-refractivity contribution in [1.29, 1.82) is 0 Å². The van der Waals surface area contributed by atoms with Crippen LogP contribution in [0.2, 0.25) is 5.02 Å². The molecule has 0 atom stereocenters. The number of halogens is 2. The van der Waals surface area contributed by atoms with Gasteiger partial charge in [-0.15, -0.1) is 0 Å². The van der Waals surface area contributed by atoms with Crippen molar-refractivity contribution in [3.05, 3.63) is 34.9 Å². The second-order valence-corrected chi connectivity index (χ2v) is 5.71. The van der Waals surface area contributed by atoms with Gasteiger partial charge in [0.1, 0.15) is 5.67 Å². The highest BCUT2D eigenvalue weighted by atomic mass is 35.5. The zero-order chi connectivity index (χ0) is 11.8.